The van der Waals surface area contributed by atoms with Gasteiger partial charge < -0.3 is 4.74 Å². The second-order valence-corrected chi connectivity index (χ2v) is 4.42. The van der Waals surface area contributed by atoms with Crippen LogP contribution in [0.5, 0.6) is 0 Å². The zero-order chi connectivity index (χ0) is 10.3. The maximum Gasteiger partial charge on any atom is 0.316 e. The predicted molar refractivity (Wildman–Crippen MR) is 53.8 cm³/mol. The predicted octanol–water partition coefficient (Wildman–Crippen LogP) is 2.62. The van der Waals surface area contributed by atoms with Crippen molar-refractivity contribution >= 4 is 5.97 Å². The van der Waals surface area contributed by atoms with Crippen molar-refractivity contribution in [1.82, 2.24) is 0 Å². The molecule has 0 spiro atoms. The Morgan fingerprint density at radius 2 is 1.79 bits per heavy atom. The molecule has 2 rings (SSSR count). The van der Waals surface area contributed by atoms with Crippen LogP contribution in [0, 0.1) is 12.3 Å². The molecule has 1 atom stereocenters. The third-order valence-electron chi connectivity index (χ3n) is 2.79. The number of esters is 1. The molecule has 1 aromatic rings. The van der Waals surface area contributed by atoms with Crippen LogP contribution in [-0.2, 0) is 9.53 Å². The lowest BCUT2D eigenvalue weighted by molar-refractivity contribution is -0.202. The van der Waals surface area contributed by atoms with Gasteiger partial charge in [-0.25, -0.2) is 0 Å². The van der Waals surface area contributed by atoms with Gasteiger partial charge in [0.1, 0.15) is 11.5 Å². The van der Waals surface area contributed by atoms with Crippen molar-refractivity contribution in [3.63, 3.8) is 0 Å². The summed E-state index contributed by atoms with van der Waals surface area (Å²) in [5.74, 6) is -0.108. The van der Waals surface area contributed by atoms with Crippen molar-refractivity contribution < 1.29 is 9.53 Å². The SMILES string of the molecule is Cc1ccc([C@@H]2OC(=O)C2(C)C)cc1. The van der Waals surface area contributed by atoms with Crippen molar-refractivity contribution in [3.05, 3.63) is 35.4 Å². The number of aryl methyl sites for hydroxylation is 1. The molecule has 74 valence electrons. The Kier molecular flexibility index (Phi) is 1.88. The molecule has 1 aliphatic rings. The monoisotopic (exact) mass is 190 g/mol. The van der Waals surface area contributed by atoms with Gasteiger partial charge in [0, 0.05) is 0 Å². The average Bonchev–Trinajstić information content (AvgIpc) is 2.16. The minimum absolute atomic E-state index is 0.0735. The van der Waals surface area contributed by atoms with E-state index < -0.39 is 0 Å². The van der Waals surface area contributed by atoms with Crippen LogP contribution >= 0.6 is 0 Å². The van der Waals surface area contributed by atoms with E-state index in [0.29, 0.717) is 0 Å². The van der Waals surface area contributed by atoms with E-state index in [1.165, 1.54) is 5.56 Å². The van der Waals surface area contributed by atoms with Crippen molar-refractivity contribution in [1.29, 1.82) is 0 Å². The van der Waals surface area contributed by atoms with Crippen LogP contribution in [0.2, 0.25) is 0 Å². The molecule has 0 saturated carbocycles. The van der Waals surface area contributed by atoms with E-state index in [2.05, 4.69) is 0 Å². The molecule has 2 nitrogen and oxygen atoms in total. The van der Waals surface area contributed by atoms with Crippen LogP contribution in [0.15, 0.2) is 24.3 Å². The van der Waals surface area contributed by atoms with Crippen LogP contribution in [0.4, 0.5) is 0 Å². The summed E-state index contributed by atoms with van der Waals surface area (Å²) in [5, 5.41) is 0. The summed E-state index contributed by atoms with van der Waals surface area (Å²) in [4.78, 5) is 11.2. The highest BCUT2D eigenvalue weighted by atomic mass is 16.6. The minimum Gasteiger partial charge on any atom is -0.456 e. The van der Waals surface area contributed by atoms with Gasteiger partial charge in [-0.2, -0.15) is 0 Å². The van der Waals surface area contributed by atoms with Gasteiger partial charge in [-0.05, 0) is 26.3 Å². The molecule has 0 N–H and O–H groups in total. The van der Waals surface area contributed by atoms with Crippen LogP contribution < -0.4 is 0 Å². The Labute approximate surface area is 83.9 Å². The molecule has 2 heteroatoms. The minimum atomic E-state index is -0.366. The van der Waals surface area contributed by atoms with Crippen LogP contribution in [0.1, 0.15) is 31.1 Å². The van der Waals surface area contributed by atoms with E-state index >= 15 is 0 Å². The quantitative estimate of drug-likeness (QED) is 0.636. The average molecular weight is 190 g/mol. The third-order valence-corrected chi connectivity index (χ3v) is 2.79. The Morgan fingerprint density at radius 3 is 2.21 bits per heavy atom. The summed E-state index contributed by atoms with van der Waals surface area (Å²) >= 11 is 0. The van der Waals surface area contributed by atoms with Gasteiger partial charge >= 0.3 is 5.97 Å². The summed E-state index contributed by atoms with van der Waals surface area (Å²) in [5.41, 5.74) is 1.94. The fraction of sp³-hybridized carbons (Fsp3) is 0.417. The Balaban J connectivity index is 2.26. The van der Waals surface area contributed by atoms with Gasteiger partial charge in [-0.3, -0.25) is 4.79 Å². The fourth-order valence-corrected chi connectivity index (χ4v) is 1.68. The summed E-state index contributed by atoms with van der Waals surface area (Å²) in [6.07, 6.45) is -0.0735. The van der Waals surface area contributed by atoms with E-state index in [-0.39, 0.29) is 17.5 Å². The molecule has 1 aliphatic heterocycles. The van der Waals surface area contributed by atoms with Gasteiger partial charge in [0.25, 0.3) is 0 Å². The standard InChI is InChI=1S/C12H14O2/c1-8-4-6-9(7-5-8)10-12(2,3)11(13)14-10/h4-7,10H,1-3H3/t10-/m0/s1. The first kappa shape index (κ1) is 9.25. The molecule has 1 fully saturated rings. The molecule has 0 bridgehead atoms. The number of carbonyl (C=O) groups excluding carboxylic acids is 1. The van der Waals surface area contributed by atoms with Gasteiger partial charge in [-0.15, -0.1) is 0 Å². The summed E-state index contributed by atoms with van der Waals surface area (Å²) in [6.45, 7) is 5.88. The smallest absolute Gasteiger partial charge is 0.316 e. The van der Waals surface area contributed by atoms with Gasteiger partial charge in [-0.1, -0.05) is 29.8 Å². The van der Waals surface area contributed by atoms with Crippen molar-refractivity contribution in [2.75, 3.05) is 0 Å². The zero-order valence-corrected chi connectivity index (χ0v) is 8.70. The van der Waals surface area contributed by atoms with Crippen molar-refractivity contribution in [3.8, 4) is 0 Å². The Morgan fingerprint density at radius 1 is 1.21 bits per heavy atom. The number of hydrogen-bond donors (Lipinski definition) is 0. The molecular formula is C12H14O2. The van der Waals surface area contributed by atoms with Gasteiger partial charge in [0.15, 0.2) is 0 Å². The molecule has 0 radical (unpaired) electrons. The second-order valence-electron chi connectivity index (χ2n) is 4.42. The van der Waals surface area contributed by atoms with Gasteiger partial charge in [0.2, 0.25) is 0 Å². The number of rotatable bonds is 1. The van der Waals surface area contributed by atoms with Crippen LogP contribution in [0.3, 0.4) is 0 Å². The molecule has 0 aromatic heterocycles. The molecule has 14 heavy (non-hydrogen) atoms. The maximum absolute atomic E-state index is 11.2. The van der Waals surface area contributed by atoms with Crippen molar-refractivity contribution in [2.45, 2.75) is 26.9 Å². The summed E-state index contributed by atoms with van der Waals surface area (Å²) in [6, 6.07) is 8.12. The Hall–Kier alpha value is -1.31. The number of benzene rings is 1. The molecule has 1 heterocycles. The van der Waals surface area contributed by atoms with Crippen LogP contribution in [0.25, 0.3) is 0 Å². The first-order chi connectivity index (χ1) is 6.51. The van der Waals surface area contributed by atoms with E-state index in [1.54, 1.807) is 0 Å². The van der Waals surface area contributed by atoms with E-state index in [4.69, 9.17) is 4.74 Å². The van der Waals surface area contributed by atoms with Crippen LogP contribution in [-0.4, -0.2) is 5.97 Å². The lowest BCUT2D eigenvalue weighted by atomic mass is 9.78. The first-order valence-electron chi connectivity index (χ1n) is 4.79. The number of carbonyl (C=O) groups is 1. The summed E-state index contributed by atoms with van der Waals surface area (Å²) < 4.78 is 5.14. The molecular weight excluding hydrogens is 176 g/mol. The third kappa shape index (κ3) is 1.22. The molecule has 1 aromatic carbocycles. The van der Waals surface area contributed by atoms with Gasteiger partial charge in [0.05, 0.1) is 0 Å². The van der Waals surface area contributed by atoms with E-state index in [0.717, 1.165) is 5.56 Å². The number of ether oxygens (including phenoxy) is 1. The highest BCUT2D eigenvalue weighted by Gasteiger charge is 2.51. The molecule has 0 aliphatic carbocycles. The van der Waals surface area contributed by atoms with Crippen molar-refractivity contribution in [2.24, 2.45) is 5.41 Å². The zero-order valence-electron chi connectivity index (χ0n) is 8.70. The first-order valence-corrected chi connectivity index (χ1v) is 4.79. The lowest BCUT2D eigenvalue weighted by Crippen LogP contribution is -2.46. The Bertz CT molecular complexity index is 362. The van der Waals surface area contributed by atoms with E-state index in [9.17, 15) is 4.79 Å². The molecule has 0 amide bonds. The highest BCUT2D eigenvalue weighted by molar-refractivity contribution is 5.82. The second kappa shape index (κ2) is 2.84. The fourth-order valence-electron chi connectivity index (χ4n) is 1.68. The highest BCUT2D eigenvalue weighted by Crippen LogP contribution is 2.46. The topological polar surface area (TPSA) is 26.3 Å². The lowest BCUT2D eigenvalue weighted by Gasteiger charge is -2.42. The van der Waals surface area contributed by atoms with E-state index in [1.807, 2.05) is 45.0 Å². The molecule has 1 saturated heterocycles. The summed E-state index contributed by atoms with van der Waals surface area (Å²) in [7, 11) is 0. The number of hydrogen-bond acceptors (Lipinski definition) is 2. The normalized spacial score (nSPS) is 23.9. The number of cyclic esters (lactones) is 1. The largest absolute Gasteiger partial charge is 0.456 e. The molecule has 0 unspecified atom stereocenters. The maximum atomic E-state index is 11.2.